The van der Waals surface area contributed by atoms with Crippen LogP contribution in [0.5, 0.6) is 5.75 Å². The van der Waals surface area contributed by atoms with Crippen molar-refractivity contribution in [2.45, 2.75) is 31.2 Å². The first-order valence-corrected chi connectivity index (χ1v) is 7.46. The molecule has 3 rings (SSSR count). The molecule has 1 aromatic heterocycles. The number of aryl methyl sites for hydroxylation is 1. The van der Waals surface area contributed by atoms with Crippen molar-refractivity contribution in [3.05, 3.63) is 42.0 Å². The lowest BCUT2D eigenvalue weighted by atomic mass is 9.76. The van der Waals surface area contributed by atoms with Crippen LogP contribution in [0.15, 0.2) is 30.6 Å². The van der Waals surface area contributed by atoms with E-state index >= 15 is 0 Å². The van der Waals surface area contributed by atoms with Gasteiger partial charge in [0.1, 0.15) is 12.1 Å². The summed E-state index contributed by atoms with van der Waals surface area (Å²) in [4.78, 5) is 4.24. The number of rotatable bonds is 6. The second-order valence-corrected chi connectivity index (χ2v) is 5.68. The third-order valence-corrected chi connectivity index (χ3v) is 4.13. The summed E-state index contributed by atoms with van der Waals surface area (Å²) >= 11 is 0. The lowest BCUT2D eigenvalue weighted by Gasteiger charge is -2.36. The molecule has 0 unspecified atom stereocenters. The van der Waals surface area contributed by atoms with Crippen LogP contribution in [-0.4, -0.2) is 34.5 Å². The molecule has 1 aromatic carbocycles. The van der Waals surface area contributed by atoms with Gasteiger partial charge in [0.05, 0.1) is 7.11 Å². The molecule has 5 heteroatoms. The van der Waals surface area contributed by atoms with E-state index < -0.39 is 0 Å². The SMILES string of the molecule is COc1cccc(C2CC(NCCc3ncn(C)n3)C2)c1. The van der Waals surface area contributed by atoms with Gasteiger partial charge < -0.3 is 10.1 Å². The van der Waals surface area contributed by atoms with Crippen molar-refractivity contribution in [2.75, 3.05) is 13.7 Å². The van der Waals surface area contributed by atoms with Gasteiger partial charge in [-0.25, -0.2) is 4.98 Å². The Labute approximate surface area is 125 Å². The summed E-state index contributed by atoms with van der Waals surface area (Å²) in [5.74, 6) is 2.52. The van der Waals surface area contributed by atoms with Crippen LogP contribution in [0, 0.1) is 0 Å². The maximum Gasteiger partial charge on any atom is 0.151 e. The molecule has 1 heterocycles. The Bertz CT molecular complexity index is 589. The predicted octanol–water partition coefficient (Wildman–Crippen LogP) is 1.90. The number of nitrogens with one attached hydrogen (secondary N) is 1. The molecule has 1 N–H and O–H groups in total. The van der Waals surface area contributed by atoms with Crippen molar-refractivity contribution in [3.8, 4) is 5.75 Å². The summed E-state index contributed by atoms with van der Waals surface area (Å²) in [6.45, 7) is 0.944. The number of hydrogen-bond donors (Lipinski definition) is 1. The highest BCUT2D eigenvalue weighted by atomic mass is 16.5. The van der Waals surface area contributed by atoms with Crippen LogP contribution in [0.4, 0.5) is 0 Å². The van der Waals surface area contributed by atoms with Gasteiger partial charge in [-0.1, -0.05) is 12.1 Å². The van der Waals surface area contributed by atoms with E-state index in [-0.39, 0.29) is 0 Å². The molecule has 21 heavy (non-hydrogen) atoms. The standard InChI is InChI=1S/C16H22N4O/c1-20-11-18-16(19-20)6-7-17-14-8-13(9-14)12-4-3-5-15(10-12)21-2/h3-5,10-11,13-14,17H,6-9H2,1-2H3. The molecule has 112 valence electrons. The van der Waals surface area contributed by atoms with Crippen LogP contribution in [0.3, 0.4) is 0 Å². The minimum atomic E-state index is 0.616. The fourth-order valence-corrected chi connectivity index (χ4v) is 2.84. The van der Waals surface area contributed by atoms with Crippen molar-refractivity contribution in [3.63, 3.8) is 0 Å². The molecule has 2 aromatic rings. The molecular weight excluding hydrogens is 264 g/mol. The number of aromatic nitrogens is 3. The molecule has 1 fully saturated rings. The summed E-state index contributed by atoms with van der Waals surface area (Å²) in [5, 5.41) is 7.87. The first-order chi connectivity index (χ1) is 10.2. The Morgan fingerprint density at radius 3 is 2.95 bits per heavy atom. The van der Waals surface area contributed by atoms with Gasteiger partial charge in [-0.2, -0.15) is 5.10 Å². The minimum Gasteiger partial charge on any atom is -0.497 e. The van der Waals surface area contributed by atoms with Gasteiger partial charge >= 0.3 is 0 Å². The number of hydrogen-bond acceptors (Lipinski definition) is 4. The van der Waals surface area contributed by atoms with Crippen LogP contribution in [0.25, 0.3) is 0 Å². The van der Waals surface area contributed by atoms with E-state index in [1.165, 1.54) is 18.4 Å². The van der Waals surface area contributed by atoms with Gasteiger partial charge in [0, 0.05) is 26.1 Å². The lowest BCUT2D eigenvalue weighted by molar-refractivity contribution is 0.291. The van der Waals surface area contributed by atoms with Crippen molar-refractivity contribution in [1.82, 2.24) is 20.1 Å². The molecule has 0 aliphatic heterocycles. The van der Waals surface area contributed by atoms with Gasteiger partial charge in [-0.15, -0.1) is 0 Å². The Balaban J connectivity index is 1.41. The summed E-state index contributed by atoms with van der Waals surface area (Å²) in [7, 11) is 3.62. The van der Waals surface area contributed by atoms with E-state index in [1.54, 1.807) is 18.1 Å². The maximum atomic E-state index is 5.28. The van der Waals surface area contributed by atoms with E-state index in [0.717, 1.165) is 24.5 Å². The highest BCUT2D eigenvalue weighted by molar-refractivity contribution is 5.32. The number of nitrogens with zero attached hydrogens (tertiary/aromatic N) is 3. The highest BCUT2D eigenvalue weighted by Crippen LogP contribution is 2.37. The minimum absolute atomic E-state index is 0.616. The fraction of sp³-hybridized carbons (Fsp3) is 0.500. The second-order valence-electron chi connectivity index (χ2n) is 5.68. The topological polar surface area (TPSA) is 52.0 Å². The molecule has 0 saturated heterocycles. The first-order valence-electron chi connectivity index (χ1n) is 7.46. The predicted molar refractivity (Wildman–Crippen MR) is 81.5 cm³/mol. The normalized spacial score (nSPS) is 21.0. The number of methoxy groups -OCH3 is 1. The van der Waals surface area contributed by atoms with E-state index in [2.05, 4.69) is 33.6 Å². The molecule has 0 amide bonds. The molecule has 1 aliphatic carbocycles. The summed E-state index contributed by atoms with van der Waals surface area (Å²) in [6.07, 6.45) is 5.03. The smallest absolute Gasteiger partial charge is 0.151 e. The van der Waals surface area contributed by atoms with E-state index in [9.17, 15) is 0 Å². The van der Waals surface area contributed by atoms with E-state index in [0.29, 0.717) is 12.0 Å². The molecule has 1 saturated carbocycles. The molecule has 5 nitrogen and oxygen atoms in total. The Hall–Kier alpha value is -1.88. The molecule has 0 spiro atoms. The van der Waals surface area contributed by atoms with Gasteiger partial charge in [0.15, 0.2) is 5.82 Å². The summed E-state index contributed by atoms with van der Waals surface area (Å²) in [6, 6.07) is 9.03. The van der Waals surface area contributed by atoms with Gasteiger partial charge in [-0.05, 0) is 36.5 Å². The molecular formula is C16H22N4O. The molecule has 1 aliphatic rings. The number of ether oxygens (including phenoxy) is 1. The largest absolute Gasteiger partial charge is 0.497 e. The second kappa shape index (κ2) is 6.26. The molecule has 0 radical (unpaired) electrons. The van der Waals surface area contributed by atoms with Gasteiger partial charge in [-0.3, -0.25) is 4.68 Å². The zero-order valence-corrected chi connectivity index (χ0v) is 12.6. The monoisotopic (exact) mass is 286 g/mol. The number of benzene rings is 1. The van der Waals surface area contributed by atoms with Crippen LogP contribution in [0.1, 0.15) is 30.1 Å². The first kappa shape index (κ1) is 14.1. The average Bonchev–Trinajstić information content (AvgIpc) is 2.87. The molecule has 0 atom stereocenters. The van der Waals surface area contributed by atoms with Gasteiger partial charge in [0.25, 0.3) is 0 Å². The Kier molecular flexibility index (Phi) is 4.20. The van der Waals surface area contributed by atoms with E-state index in [1.807, 2.05) is 13.1 Å². The van der Waals surface area contributed by atoms with Crippen molar-refractivity contribution in [2.24, 2.45) is 7.05 Å². The average molecular weight is 286 g/mol. The molecule has 0 bridgehead atoms. The van der Waals surface area contributed by atoms with E-state index in [4.69, 9.17) is 4.74 Å². The fourth-order valence-electron chi connectivity index (χ4n) is 2.84. The van der Waals surface area contributed by atoms with Crippen molar-refractivity contribution in [1.29, 1.82) is 0 Å². The quantitative estimate of drug-likeness (QED) is 0.881. The maximum absolute atomic E-state index is 5.28. The zero-order valence-electron chi connectivity index (χ0n) is 12.6. The third-order valence-electron chi connectivity index (χ3n) is 4.13. The van der Waals surface area contributed by atoms with Crippen molar-refractivity contribution < 1.29 is 4.74 Å². The van der Waals surface area contributed by atoms with Crippen LogP contribution >= 0.6 is 0 Å². The lowest BCUT2D eigenvalue weighted by Crippen LogP contribution is -2.41. The van der Waals surface area contributed by atoms with Gasteiger partial charge in [0.2, 0.25) is 0 Å². The van der Waals surface area contributed by atoms with Crippen LogP contribution < -0.4 is 10.1 Å². The van der Waals surface area contributed by atoms with Crippen molar-refractivity contribution >= 4 is 0 Å². The Morgan fingerprint density at radius 1 is 1.38 bits per heavy atom. The van der Waals surface area contributed by atoms with Crippen LogP contribution in [-0.2, 0) is 13.5 Å². The van der Waals surface area contributed by atoms with Crippen LogP contribution in [0.2, 0.25) is 0 Å². The third kappa shape index (κ3) is 3.42. The highest BCUT2D eigenvalue weighted by Gasteiger charge is 2.29. The zero-order chi connectivity index (χ0) is 14.7. The summed E-state index contributed by atoms with van der Waals surface area (Å²) < 4.78 is 7.03. The summed E-state index contributed by atoms with van der Waals surface area (Å²) in [5.41, 5.74) is 1.39. The Morgan fingerprint density at radius 2 is 2.24 bits per heavy atom.